The minimum Gasteiger partial charge on any atom is -0.330 e. The van der Waals surface area contributed by atoms with E-state index in [9.17, 15) is 0 Å². The van der Waals surface area contributed by atoms with Crippen molar-refractivity contribution in [3.8, 4) is 5.69 Å². The maximum atomic E-state index is 5.51. The number of hydrogen-bond acceptors (Lipinski definition) is 4. The summed E-state index contributed by atoms with van der Waals surface area (Å²) in [4.78, 5) is 0. The second-order valence-electron chi connectivity index (χ2n) is 4.19. The first-order valence-electron chi connectivity index (χ1n) is 5.77. The SMILES string of the molecule is Cc1ccc(-n2nnnc2CCCN)c(C)c1. The van der Waals surface area contributed by atoms with Gasteiger partial charge in [-0.2, -0.15) is 4.68 Å². The van der Waals surface area contributed by atoms with Crippen LogP contribution in [0.5, 0.6) is 0 Å². The lowest BCUT2D eigenvalue weighted by atomic mass is 10.1. The van der Waals surface area contributed by atoms with E-state index in [0.717, 1.165) is 24.4 Å². The van der Waals surface area contributed by atoms with Crippen molar-refractivity contribution in [2.24, 2.45) is 5.73 Å². The molecule has 2 rings (SSSR count). The summed E-state index contributed by atoms with van der Waals surface area (Å²) in [5.41, 5.74) is 8.95. The second kappa shape index (κ2) is 5.05. The number of tetrazole rings is 1. The van der Waals surface area contributed by atoms with Crippen molar-refractivity contribution >= 4 is 0 Å². The molecule has 2 aromatic rings. The van der Waals surface area contributed by atoms with E-state index in [0.29, 0.717) is 6.54 Å². The van der Waals surface area contributed by atoms with E-state index in [1.54, 1.807) is 4.68 Å². The van der Waals surface area contributed by atoms with Crippen LogP contribution in [-0.4, -0.2) is 26.8 Å². The van der Waals surface area contributed by atoms with Gasteiger partial charge in [0.1, 0.15) is 0 Å². The van der Waals surface area contributed by atoms with Crippen molar-refractivity contribution in [3.05, 3.63) is 35.2 Å². The van der Waals surface area contributed by atoms with Crippen molar-refractivity contribution in [2.45, 2.75) is 26.7 Å². The minimum absolute atomic E-state index is 0.653. The molecule has 0 bridgehead atoms. The van der Waals surface area contributed by atoms with Crippen LogP contribution in [0.3, 0.4) is 0 Å². The fraction of sp³-hybridized carbons (Fsp3) is 0.417. The molecule has 5 heteroatoms. The molecule has 0 atom stereocenters. The van der Waals surface area contributed by atoms with Crippen molar-refractivity contribution in [1.82, 2.24) is 20.2 Å². The molecule has 0 aliphatic rings. The molecule has 0 fully saturated rings. The smallest absolute Gasteiger partial charge is 0.156 e. The van der Waals surface area contributed by atoms with Gasteiger partial charge in [-0.05, 0) is 48.9 Å². The Bertz CT molecular complexity index is 503. The predicted molar refractivity (Wildman–Crippen MR) is 66.0 cm³/mol. The molecule has 1 aromatic carbocycles. The average Bonchev–Trinajstić information content (AvgIpc) is 2.74. The summed E-state index contributed by atoms with van der Waals surface area (Å²) in [5, 5.41) is 11.8. The molecule has 0 radical (unpaired) electrons. The zero-order chi connectivity index (χ0) is 12.3. The molecule has 90 valence electrons. The van der Waals surface area contributed by atoms with Crippen molar-refractivity contribution in [2.75, 3.05) is 6.54 Å². The molecular formula is C12H17N5. The lowest BCUT2D eigenvalue weighted by Crippen LogP contribution is -2.08. The van der Waals surface area contributed by atoms with Crippen LogP contribution in [0, 0.1) is 13.8 Å². The lowest BCUT2D eigenvalue weighted by molar-refractivity contribution is 0.724. The molecule has 0 saturated carbocycles. The molecule has 0 amide bonds. The molecule has 0 aliphatic heterocycles. The van der Waals surface area contributed by atoms with E-state index >= 15 is 0 Å². The predicted octanol–water partition coefficient (Wildman–Crippen LogP) is 1.17. The molecule has 0 aliphatic carbocycles. The topological polar surface area (TPSA) is 69.6 Å². The van der Waals surface area contributed by atoms with E-state index < -0.39 is 0 Å². The summed E-state index contributed by atoms with van der Waals surface area (Å²) in [5.74, 6) is 0.863. The number of aromatic nitrogens is 4. The summed E-state index contributed by atoms with van der Waals surface area (Å²) in [6.45, 7) is 4.79. The number of rotatable bonds is 4. The Balaban J connectivity index is 2.35. The van der Waals surface area contributed by atoms with Crippen molar-refractivity contribution in [1.29, 1.82) is 0 Å². The van der Waals surface area contributed by atoms with Crippen LogP contribution in [-0.2, 0) is 6.42 Å². The molecule has 1 aromatic heterocycles. The zero-order valence-corrected chi connectivity index (χ0v) is 10.2. The molecule has 0 spiro atoms. The Labute approximate surface area is 101 Å². The van der Waals surface area contributed by atoms with Gasteiger partial charge in [-0.1, -0.05) is 17.7 Å². The first kappa shape index (κ1) is 11.7. The number of aryl methyl sites for hydroxylation is 3. The molecule has 0 saturated heterocycles. The van der Waals surface area contributed by atoms with Crippen molar-refractivity contribution in [3.63, 3.8) is 0 Å². The Kier molecular flexibility index (Phi) is 3.49. The monoisotopic (exact) mass is 231 g/mol. The maximum absolute atomic E-state index is 5.51. The summed E-state index contributed by atoms with van der Waals surface area (Å²) >= 11 is 0. The minimum atomic E-state index is 0.653. The second-order valence-corrected chi connectivity index (χ2v) is 4.19. The van der Waals surface area contributed by atoms with Crippen molar-refractivity contribution < 1.29 is 0 Å². The Morgan fingerprint density at radius 2 is 2.12 bits per heavy atom. The van der Waals surface area contributed by atoms with Gasteiger partial charge < -0.3 is 5.73 Å². The lowest BCUT2D eigenvalue weighted by Gasteiger charge is -2.08. The first-order chi connectivity index (χ1) is 8.22. The average molecular weight is 231 g/mol. The van der Waals surface area contributed by atoms with Crippen LogP contribution in [0.25, 0.3) is 5.69 Å². The van der Waals surface area contributed by atoms with Gasteiger partial charge in [-0.25, -0.2) is 0 Å². The normalized spacial score (nSPS) is 10.8. The van der Waals surface area contributed by atoms with E-state index in [-0.39, 0.29) is 0 Å². The van der Waals surface area contributed by atoms with Crippen LogP contribution >= 0.6 is 0 Å². The van der Waals surface area contributed by atoms with Crippen LogP contribution < -0.4 is 5.73 Å². The van der Waals surface area contributed by atoms with Gasteiger partial charge in [0.05, 0.1) is 5.69 Å². The van der Waals surface area contributed by atoms with Crippen LogP contribution in [0.4, 0.5) is 0 Å². The van der Waals surface area contributed by atoms with Crippen LogP contribution in [0.15, 0.2) is 18.2 Å². The number of nitrogens with two attached hydrogens (primary N) is 1. The molecule has 0 unspecified atom stereocenters. The summed E-state index contributed by atoms with van der Waals surface area (Å²) < 4.78 is 1.80. The summed E-state index contributed by atoms with van der Waals surface area (Å²) in [6, 6.07) is 6.24. The van der Waals surface area contributed by atoms with E-state index in [1.807, 2.05) is 6.07 Å². The number of nitrogens with zero attached hydrogens (tertiary/aromatic N) is 4. The number of hydrogen-bond donors (Lipinski definition) is 1. The molecule has 2 N–H and O–H groups in total. The summed E-state index contributed by atoms with van der Waals surface area (Å²) in [6.07, 6.45) is 1.70. The van der Waals surface area contributed by atoms with E-state index in [1.165, 1.54) is 11.1 Å². The van der Waals surface area contributed by atoms with Crippen LogP contribution in [0.1, 0.15) is 23.4 Å². The third-order valence-electron chi connectivity index (χ3n) is 2.72. The Morgan fingerprint density at radius 3 is 2.82 bits per heavy atom. The van der Waals surface area contributed by atoms with Gasteiger partial charge in [0.15, 0.2) is 5.82 Å². The quantitative estimate of drug-likeness (QED) is 0.857. The zero-order valence-electron chi connectivity index (χ0n) is 10.2. The number of benzene rings is 1. The highest BCUT2D eigenvalue weighted by Crippen LogP contribution is 2.15. The maximum Gasteiger partial charge on any atom is 0.156 e. The highest BCUT2D eigenvalue weighted by atomic mass is 15.5. The molecule has 1 heterocycles. The summed E-state index contributed by atoms with van der Waals surface area (Å²) in [7, 11) is 0. The van der Waals surface area contributed by atoms with E-state index in [2.05, 4.69) is 41.5 Å². The fourth-order valence-corrected chi connectivity index (χ4v) is 1.85. The Morgan fingerprint density at radius 1 is 1.29 bits per heavy atom. The van der Waals surface area contributed by atoms with E-state index in [4.69, 9.17) is 5.73 Å². The largest absolute Gasteiger partial charge is 0.330 e. The standard InChI is InChI=1S/C12H17N5/c1-9-5-6-11(10(2)8-9)17-12(4-3-7-13)14-15-16-17/h5-6,8H,3-4,7,13H2,1-2H3. The van der Waals surface area contributed by atoms with Gasteiger partial charge in [-0.3, -0.25) is 0 Å². The van der Waals surface area contributed by atoms with Gasteiger partial charge in [0.25, 0.3) is 0 Å². The highest BCUT2D eigenvalue weighted by Gasteiger charge is 2.09. The molecular weight excluding hydrogens is 214 g/mol. The van der Waals surface area contributed by atoms with Gasteiger partial charge in [-0.15, -0.1) is 5.10 Å². The molecule has 5 nitrogen and oxygen atoms in total. The van der Waals surface area contributed by atoms with Crippen LogP contribution in [0.2, 0.25) is 0 Å². The third kappa shape index (κ3) is 2.50. The van der Waals surface area contributed by atoms with Gasteiger partial charge >= 0.3 is 0 Å². The van der Waals surface area contributed by atoms with Gasteiger partial charge in [0.2, 0.25) is 0 Å². The Hall–Kier alpha value is -1.75. The first-order valence-corrected chi connectivity index (χ1v) is 5.77. The fourth-order valence-electron chi connectivity index (χ4n) is 1.85. The van der Waals surface area contributed by atoms with Gasteiger partial charge in [0, 0.05) is 6.42 Å². The highest BCUT2D eigenvalue weighted by molar-refractivity contribution is 5.42. The third-order valence-corrected chi connectivity index (χ3v) is 2.72. The molecule has 17 heavy (non-hydrogen) atoms.